The lowest BCUT2D eigenvalue weighted by Gasteiger charge is -2.11. The van der Waals surface area contributed by atoms with Crippen molar-refractivity contribution in [3.05, 3.63) is 54.2 Å². The van der Waals surface area contributed by atoms with Crippen molar-refractivity contribution in [3.63, 3.8) is 0 Å². The van der Waals surface area contributed by atoms with Gasteiger partial charge in [0.15, 0.2) is 0 Å². The maximum absolute atomic E-state index is 11.5. The average Bonchev–Trinajstić information content (AvgIpc) is 2.95. The van der Waals surface area contributed by atoms with E-state index in [2.05, 4.69) is 15.6 Å². The van der Waals surface area contributed by atoms with Crippen LogP contribution in [0, 0.1) is 0 Å². The number of pyridine rings is 1. The smallest absolute Gasteiger partial charge is 0.286 e. The van der Waals surface area contributed by atoms with Gasteiger partial charge in [-0.2, -0.15) is 0 Å². The van der Waals surface area contributed by atoms with E-state index in [9.17, 15) is 9.59 Å². The Morgan fingerprint density at radius 3 is 2.52 bits per heavy atom. The van der Waals surface area contributed by atoms with Crippen LogP contribution in [0.25, 0.3) is 0 Å². The zero-order valence-electron chi connectivity index (χ0n) is 14.2. The molecule has 1 aliphatic heterocycles. The molecule has 0 saturated carbocycles. The molecule has 132 valence electrons. The molecule has 6 nitrogen and oxygen atoms in total. The summed E-state index contributed by atoms with van der Waals surface area (Å²) in [7, 11) is 1.85. The highest BCUT2D eigenvalue weighted by Gasteiger charge is 2.32. The van der Waals surface area contributed by atoms with E-state index < -0.39 is 0 Å². The van der Waals surface area contributed by atoms with Gasteiger partial charge in [-0.15, -0.1) is 0 Å². The number of rotatable bonds is 5. The number of ether oxygens (including phenoxy) is 1. The second-order valence-electron chi connectivity index (χ2n) is 5.09. The van der Waals surface area contributed by atoms with Crippen molar-refractivity contribution in [1.82, 2.24) is 10.3 Å². The first kappa shape index (κ1) is 18.8. The van der Waals surface area contributed by atoms with Gasteiger partial charge in [0.05, 0.1) is 11.9 Å². The number of anilines is 1. The Morgan fingerprint density at radius 2 is 1.96 bits per heavy atom. The van der Waals surface area contributed by atoms with E-state index in [0.29, 0.717) is 13.0 Å². The lowest BCUT2D eigenvalue weighted by molar-refractivity contribution is -0.118. The predicted molar refractivity (Wildman–Crippen MR) is 100 cm³/mol. The van der Waals surface area contributed by atoms with Crippen molar-refractivity contribution < 1.29 is 14.3 Å². The Hall–Kier alpha value is -2.54. The summed E-state index contributed by atoms with van der Waals surface area (Å²) in [5, 5.41) is 4.59. The molecule has 1 aliphatic rings. The number of hydrogen-bond donors (Lipinski definition) is 2. The van der Waals surface area contributed by atoms with Crippen molar-refractivity contribution in [3.8, 4) is 5.75 Å². The maximum atomic E-state index is 11.5. The van der Waals surface area contributed by atoms with E-state index in [1.165, 1.54) is 0 Å². The topological polar surface area (TPSA) is 80.3 Å². The zero-order chi connectivity index (χ0) is 18.1. The number of benzene rings is 1. The standard InChI is InChI=1S/C12H13NO3S.C6H8N2/c1-2-16-9-6-4-3-5-8(9)7-10-11(14)13-12(15)17-10;1-7-6-4-2-3-5-8-6/h3-6,10H,2,7H2,1H3,(H,13,14,15);2-5H,1H3,(H,7,8). The van der Waals surface area contributed by atoms with Gasteiger partial charge in [-0.05, 0) is 37.1 Å². The van der Waals surface area contributed by atoms with Crippen LogP contribution in [0.3, 0.4) is 0 Å². The lowest BCUT2D eigenvalue weighted by Crippen LogP contribution is -2.25. The van der Waals surface area contributed by atoms with E-state index in [1.807, 2.05) is 56.4 Å². The molecule has 0 radical (unpaired) electrons. The molecular weight excluding hydrogens is 338 g/mol. The van der Waals surface area contributed by atoms with Crippen molar-refractivity contribution in [2.75, 3.05) is 19.0 Å². The number of aromatic nitrogens is 1. The summed E-state index contributed by atoms with van der Waals surface area (Å²) >= 11 is 1.04. The number of nitrogens with one attached hydrogen (secondary N) is 2. The molecule has 1 aromatic carbocycles. The molecule has 2 aromatic rings. The van der Waals surface area contributed by atoms with E-state index in [1.54, 1.807) is 6.20 Å². The van der Waals surface area contributed by atoms with Crippen LogP contribution < -0.4 is 15.4 Å². The number of hydrogen-bond acceptors (Lipinski definition) is 6. The summed E-state index contributed by atoms with van der Waals surface area (Å²) in [6, 6.07) is 13.3. The number of nitrogens with zero attached hydrogens (tertiary/aromatic N) is 1. The third-order valence-corrected chi connectivity index (χ3v) is 4.35. The fraction of sp³-hybridized carbons (Fsp3) is 0.278. The molecule has 1 saturated heterocycles. The molecule has 1 atom stereocenters. The van der Waals surface area contributed by atoms with Gasteiger partial charge in [0.2, 0.25) is 5.91 Å². The minimum absolute atomic E-state index is 0.216. The van der Waals surface area contributed by atoms with Gasteiger partial charge in [0.25, 0.3) is 5.24 Å². The van der Waals surface area contributed by atoms with Gasteiger partial charge in [0.1, 0.15) is 11.6 Å². The van der Waals surface area contributed by atoms with Crippen molar-refractivity contribution in [2.24, 2.45) is 0 Å². The Labute approximate surface area is 151 Å². The van der Waals surface area contributed by atoms with Crippen LogP contribution >= 0.6 is 11.8 Å². The minimum Gasteiger partial charge on any atom is -0.494 e. The summed E-state index contributed by atoms with van der Waals surface area (Å²) in [5.41, 5.74) is 0.955. The number of thioether (sulfide) groups is 1. The van der Waals surface area contributed by atoms with Gasteiger partial charge in [-0.3, -0.25) is 14.9 Å². The monoisotopic (exact) mass is 359 g/mol. The normalized spacial score (nSPS) is 15.8. The fourth-order valence-electron chi connectivity index (χ4n) is 2.21. The molecule has 1 fully saturated rings. The van der Waals surface area contributed by atoms with Crippen molar-refractivity contribution in [2.45, 2.75) is 18.6 Å². The SMILES string of the molecule is CCOc1ccccc1CC1SC(=O)NC1=O.CNc1ccccn1. The molecule has 0 spiro atoms. The molecule has 3 rings (SSSR count). The summed E-state index contributed by atoms with van der Waals surface area (Å²) < 4.78 is 5.48. The molecule has 0 aliphatic carbocycles. The van der Waals surface area contributed by atoms with E-state index in [-0.39, 0.29) is 16.4 Å². The minimum atomic E-state index is -0.343. The quantitative estimate of drug-likeness (QED) is 0.854. The molecule has 25 heavy (non-hydrogen) atoms. The number of imide groups is 1. The first-order chi connectivity index (χ1) is 12.1. The first-order valence-electron chi connectivity index (χ1n) is 7.95. The number of para-hydroxylation sites is 1. The third kappa shape index (κ3) is 5.79. The first-order valence-corrected chi connectivity index (χ1v) is 8.83. The summed E-state index contributed by atoms with van der Waals surface area (Å²) in [6.45, 7) is 2.50. The molecule has 1 unspecified atom stereocenters. The molecule has 7 heteroatoms. The molecule has 1 aromatic heterocycles. The van der Waals surface area contributed by atoms with Crippen LogP contribution in [-0.2, 0) is 11.2 Å². The largest absolute Gasteiger partial charge is 0.494 e. The van der Waals surface area contributed by atoms with Crippen LogP contribution in [0.15, 0.2) is 48.7 Å². The van der Waals surface area contributed by atoms with Crippen LogP contribution in [0.2, 0.25) is 0 Å². The van der Waals surface area contributed by atoms with Gasteiger partial charge in [0, 0.05) is 13.2 Å². The average molecular weight is 359 g/mol. The Morgan fingerprint density at radius 1 is 1.20 bits per heavy atom. The fourth-order valence-corrected chi connectivity index (χ4v) is 3.05. The van der Waals surface area contributed by atoms with Crippen LogP contribution in [0.5, 0.6) is 5.75 Å². The van der Waals surface area contributed by atoms with Crippen LogP contribution in [0.1, 0.15) is 12.5 Å². The van der Waals surface area contributed by atoms with E-state index in [4.69, 9.17) is 4.74 Å². The Kier molecular flexibility index (Phi) is 7.28. The number of carbonyl (C=O) groups is 2. The van der Waals surface area contributed by atoms with E-state index in [0.717, 1.165) is 28.9 Å². The Balaban J connectivity index is 0.000000236. The molecule has 0 bridgehead atoms. The summed E-state index contributed by atoms with van der Waals surface area (Å²) in [4.78, 5) is 26.5. The highest BCUT2D eigenvalue weighted by atomic mass is 32.2. The molecular formula is C18H21N3O3S. The zero-order valence-corrected chi connectivity index (χ0v) is 15.0. The van der Waals surface area contributed by atoms with Crippen molar-refractivity contribution in [1.29, 1.82) is 0 Å². The van der Waals surface area contributed by atoms with Gasteiger partial charge in [-0.25, -0.2) is 4.98 Å². The Bertz CT molecular complexity index is 710. The van der Waals surface area contributed by atoms with Crippen molar-refractivity contribution >= 4 is 28.7 Å². The second kappa shape index (κ2) is 9.68. The molecule has 2 amide bonds. The molecule has 2 heterocycles. The van der Waals surface area contributed by atoms with Crippen LogP contribution in [-0.4, -0.2) is 35.0 Å². The third-order valence-electron chi connectivity index (χ3n) is 3.37. The number of carbonyl (C=O) groups excluding carboxylic acids is 2. The van der Waals surface area contributed by atoms with Gasteiger partial charge < -0.3 is 10.1 Å². The molecule has 2 N–H and O–H groups in total. The lowest BCUT2D eigenvalue weighted by atomic mass is 10.1. The highest BCUT2D eigenvalue weighted by molar-refractivity contribution is 8.15. The number of amides is 2. The van der Waals surface area contributed by atoms with Gasteiger partial charge in [-0.1, -0.05) is 36.0 Å². The highest BCUT2D eigenvalue weighted by Crippen LogP contribution is 2.27. The van der Waals surface area contributed by atoms with Gasteiger partial charge >= 0.3 is 0 Å². The summed E-state index contributed by atoms with van der Waals surface area (Å²) in [5.74, 6) is 1.47. The predicted octanol–water partition coefficient (Wildman–Crippen LogP) is 3.10. The maximum Gasteiger partial charge on any atom is 0.286 e. The van der Waals surface area contributed by atoms with E-state index >= 15 is 0 Å². The summed E-state index contributed by atoms with van der Waals surface area (Å²) in [6.07, 6.45) is 2.27. The second-order valence-corrected chi connectivity index (χ2v) is 6.27. The van der Waals surface area contributed by atoms with Crippen LogP contribution in [0.4, 0.5) is 10.6 Å².